The van der Waals surface area contributed by atoms with Gasteiger partial charge in [-0.15, -0.1) is 0 Å². The van der Waals surface area contributed by atoms with Gasteiger partial charge in [-0.1, -0.05) is 41.0 Å². The third-order valence-corrected chi connectivity index (χ3v) is 11.8. The van der Waals surface area contributed by atoms with Crippen LogP contribution in [0, 0.1) is 58.2 Å². The fourth-order valence-electron chi connectivity index (χ4n) is 10.1. The van der Waals surface area contributed by atoms with Crippen molar-refractivity contribution in [1.82, 2.24) is 5.32 Å². The van der Waals surface area contributed by atoms with E-state index in [2.05, 4.69) is 33.0 Å². The van der Waals surface area contributed by atoms with Gasteiger partial charge in [0.15, 0.2) is 0 Å². The summed E-state index contributed by atoms with van der Waals surface area (Å²) in [5.41, 5.74) is 0.449. The lowest BCUT2D eigenvalue weighted by molar-refractivity contribution is -0.203. The number of hydrogen-bond donors (Lipinski definition) is 3. The van der Waals surface area contributed by atoms with Crippen molar-refractivity contribution in [2.45, 2.75) is 112 Å². The molecular weight excluding hydrogens is 438 g/mol. The van der Waals surface area contributed by atoms with E-state index < -0.39 is 0 Å². The predicted molar refractivity (Wildman–Crippen MR) is 138 cm³/mol. The molecule has 35 heavy (non-hydrogen) atoms. The molecule has 0 saturated heterocycles. The molecule has 200 valence electrons. The van der Waals surface area contributed by atoms with Crippen molar-refractivity contribution in [2.75, 3.05) is 6.54 Å². The molecule has 0 aromatic carbocycles. The number of fused-ring (bicyclic) bond motifs is 5. The van der Waals surface area contributed by atoms with Crippen LogP contribution < -0.4 is 5.32 Å². The molecule has 5 heteroatoms. The summed E-state index contributed by atoms with van der Waals surface area (Å²) in [5.74, 6) is 3.08. The van der Waals surface area contributed by atoms with E-state index in [4.69, 9.17) is 0 Å². The van der Waals surface area contributed by atoms with Crippen molar-refractivity contribution in [3.05, 3.63) is 0 Å². The molecule has 0 bridgehead atoms. The highest BCUT2D eigenvalue weighted by molar-refractivity contribution is 5.85. The van der Waals surface area contributed by atoms with Crippen LogP contribution in [-0.2, 0) is 9.59 Å². The van der Waals surface area contributed by atoms with E-state index in [0.717, 1.165) is 32.1 Å². The fraction of sp³-hybridized carbons (Fsp3) is 0.933. The first-order chi connectivity index (χ1) is 16.4. The van der Waals surface area contributed by atoms with E-state index >= 15 is 0 Å². The van der Waals surface area contributed by atoms with E-state index in [9.17, 15) is 19.8 Å². The van der Waals surface area contributed by atoms with Crippen LogP contribution in [0.4, 0.5) is 0 Å². The number of carbonyl (C=O) groups excluding carboxylic acids is 2. The number of hydrogen-bond acceptors (Lipinski definition) is 4. The zero-order valence-electron chi connectivity index (χ0n) is 23.1. The first kappa shape index (κ1) is 27.1. The minimum absolute atomic E-state index is 0.0117. The van der Waals surface area contributed by atoms with Crippen molar-refractivity contribution in [3.8, 4) is 0 Å². The molecule has 0 spiro atoms. The highest BCUT2D eigenvalue weighted by atomic mass is 16.3. The zero-order valence-corrected chi connectivity index (χ0v) is 23.1. The molecule has 3 N–H and O–H groups in total. The average molecular weight is 490 g/mol. The van der Waals surface area contributed by atoms with Gasteiger partial charge in [0, 0.05) is 5.92 Å². The SMILES string of the molecule is CC[C@H]1C(O)C2C(CC[C@@]3(C)C2CC[C@@H]3[C@H](C)C[C@H](C)C(=O)NCC(C)=O)[C@@]2(C)CC[C@@H](O)CC12. The Hall–Kier alpha value is -0.940. The Morgan fingerprint density at radius 3 is 2.29 bits per heavy atom. The van der Waals surface area contributed by atoms with Gasteiger partial charge in [0.05, 0.1) is 18.8 Å². The van der Waals surface area contributed by atoms with Gasteiger partial charge in [-0.05, 0) is 111 Å². The van der Waals surface area contributed by atoms with Gasteiger partial charge in [-0.3, -0.25) is 9.59 Å². The second kappa shape index (κ2) is 10.1. The van der Waals surface area contributed by atoms with Crippen LogP contribution in [0.3, 0.4) is 0 Å². The van der Waals surface area contributed by atoms with E-state index in [1.165, 1.54) is 32.6 Å². The van der Waals surface area contributed by atoms with Crippen LogP contribution >= 0.6 is 0 Å². The first-order valence-corrected chi connectivity index (χ1v) is 14.6. The monoisotopic (exact) mass is 489 g/mol. The second-order valence-electron chi connectivity index (χ2n) is 13.7. The number of rotatable bonds is 7. The molecule has 5 unspecified atom stereocenters. The highest BCUT2D eigenvalue weighted by Crippen LogP contribution is 2.69. The Labute approximate surface area is 213 Å². The molecule has 0 aromatic rings. The number of amides is 1. The number of nitrogens with one attached hydrogen (secondary N) is 1. The minimum atomic E-state index is -0.261. The summed E-state index contributed by atoms with van der Waals surface area (Å²) in [4.78, 5) is 23.8. The van der Waals surface area contributed by atoms with E-state index in [-0.39, 0.29) is 47.2 Å². The van der Waals surface area contributed by atoms with Gasteiger partial charge < -0.3 is 15.5 Å². The molecule has 12 atom stereocenters. The number of aliphatic hydroxyl groups excluding tert-OH is 2. The molecule has 4 rings (SSSR count). The molecule has 0 aliphatic heterocycles. The molecule has 4 aliphatic rings. The minimum Gasteiger partial charge on any atom is -0.393 e. The van der Waals surface area contributed by atoms with Crippen LogP contribution in [0.1, 0.15) is 99.3 Å². The van der Waals surface area contributed by atoms with E-state index in [1.54, 1.807) is 0 Å². The van der Waals surface area contributed by atoms with Crippen molar-refractivity contribution in [3.63, 3.8) is 0 Å². The summed E-state index contributed by atoms with van der Waals surface area (Å²) in [7, 11) is 0. The molecule has 0 radical (unpaired) electrons. The van der Waals surface area contributed by atoms with Crippen molar-refractivity contribution in [2.24, 2.45) is 58.2 Å². The third kappa shape index (κ3) is 4.62. The smallest absolute Gasteiger partial charge is 0.223 e. The quantitative estimate of drug-likeness (QED) is 0.471. The van der Waals surface area contributed by atoms with Gasteiger partial charge in [0.1, 0.15) is 5.78 Å². The summed E-state index contributed by atoms with van der Waals surface area (Å²) >= 11 is 0. The Balaban J connectivity index is 1.52. The molecule has 4 saturated carbocycles. The van der Waals surface area contributed by atoms with Crippen LogP contribution in [0.5, 0.6) is 0 Å². The van der Waals surface area contributed by atoms with Crippen molar-refractivity contribution < 1.29 is 19.8 Å². The maximum atomic E-state index is 12.5. The number of Topliss-reactive ketones (excluding diaryl/α,β-unsaturated/α-hetero) is 1. The highest BCUT2D eigenvalue weighted by Gasteiger charge is 2.64. The maximum absolute atomic E-state index is 12.5. The Kier molecular flexibility index (Phi) is 7.81. The number of ketones is 1. The largest absolute Gasteiger partial charge is 0.393 e. The summed E-state index contributed by atoms with van der Waals surface area (Å²) in [6.07, 6.45) is 9.03. The van der Waals surface area contributed by atoms with Crippen LogP contribution in [-0.4, -0.2) is 40.7 Å². The van der Waals surface area contributed by atoms with E-state index in [1.807, 2.05) is 6.92 Å². The van der Waals surface area contributed by atoms with Gasteiger partial charge in [-0.25, -0.2) is 0 Å². The normalized spacial score (nSPS) is 46.6. The van der Waals surface area contributed by atoms with Gasteiger partial charge in [0.25, 0.3) is 0 Å². The second-order valence-corrected chi connectivity index (χ2v) is 13.7. The van der Waals surface area contributed by atoms with Crippen LogP contribution in [0.15, 0.2) is 0 Å². The fourth-order valence-corrected chi connectivity index (χ4v) is 10.1. The summed E-state index contributed by atoms with van der Waals surface area (Å²) in [5, 5.41) is 25.1. The maximum Gasteiger partial charge on any atom is 0.223 e. The molecule has 0 heterocycles. The Bertz CT molecular complexity index is 799. The third-order valence-electron chi connectivity index (χ3n) is 11.8. The topological polar surface area (TPSA) is 86.6 Å². The zero-order chi connectivity index (χ0) is 25.7. The summed E-state index contributed by atoms with van der Waals surface area (Å²) in [6.45, 7) is 13.2. The lowest BCUT2D eigenvalue weighted by atomic mass is 9.41. The van der Waals surface area contributed by atoms with Gasteiger partial charge in [-0.2, -0.15) is 0 Å². The lowest BCUT2D eigenvalue weighted by Gasteiger charge is -2.64. The molecule has 0 aromatic heterocycles. The standard InChI is InChI=1S/C30H51NO4/c1-7-21-25-15-20(33)10-12-30(25,6)24-11-13-29(5)22(8-9-23(29)26(24)27(21)34)17(2)14-18(3)28(35)31-16-19(4)32/h17-18,20-27,33-34H,7-16H2,1-6H3,(H,31,35)/t17-,18+,20-,21-,22-,23?,24?,25?,26?,27?,29-,30-/m1/s1. The van der Waals surface area contributed by atoms with Crippen molar-refractivity contribution >= 4 is 11.7 Å². The number of carbonyl (C=O) groups is 2. The molecule has 4 fully saturated rings. The van der Waals surface area contributed by atoms with Crippen molar-refractivity contribution in [1.29, 1.82) is 0 Å². The molecule has 5 nitrogen and oxygen atoms in total. The van der Waals surface area contributed by atoms with E-state index in [0.29, 0.717) is 41.4 Å². The molecular formula is C30H51NO4. The Morgan fingerprint density at radius 1 is 0.971 bits per heavy atom. The molecule has 1 amide bonds. The van der Waals surface area contributed by atoms with Crippen LogP contribution in [0.25, 0.3) is 0 Å². The summed E-state index contributed by atoms with van der Waals surface area (Å²) in [6, 6.07) is 0. The van der Waals surface area contributed by atoms with Gasteiger partial charge in [0.2, 0.25) is 5.91 Å². The Morgan fingerprint density at radius 2 is 1.63 bits per heavy atom. The molecule has 4 aliphatic carbocycles. The average Bonchev–Trinajstić information content (AvgIpc) is 3.16. The lowest BCUT2D eigenvalue weighted by Crippen LogP contribution is -2.62. The summed E-state index contributed by atoms with van der Waals surface area (Å²) < 4.78 is 0. The first-order valence-electron chi connectivity index (χ1n) is 14.6. The predicted octanol–water partition coefficient (Wildman–Crippen LogP) is 4.98. The van der Waals surface area contributed by atoms with Crippen LogP contribution in [0.2, 0.25) is 0 Å². The number of aliphatic hydroxyl groups is 2. The van der Waals surface area contributed by atoms with Gasteiger partial charge >= 0.3 is 0 Å².